The number of fused-ring (bicyclic) bond motifs is 2. The first-order chi connectivity index (χ1) is 15.8. The molecule has 1 N–H and O–H groups in total. The number of hydrogen-bond acceptors (Lipinski definition) is 6. The summed E-state index contributed by atoms with van der Waals surface area (Å²) >= 11 is 1.41. The van der Waals surface area contributed by atoms with E-state index in [-0.39, 0.29) is 11.9 Å². The minimum atomic E-state index is -0.990. The van der Waals surface area contributed by atoms with Gasteiger partial charge in [0.1, 0.15) is 6.04 Å². The fourth-order valence-electron chi connectivity index (χ4n) is 4.02. The van der Waals surface area contributed by atoms with Crippen molar-refractivity contribution in [2.24, 2.45) is 5.92 Å². The van der Waals surface area contributed by atoms with E-state index in [0.29, 0.717) is 16.1 Å². The lowest BCUT2D eigenvalue weighted by Gasteiger charge is -2.27. The Morgan fingerprint density at radius 1 is 1.00 bits per heavy atom. The van der Waals surface area contributed by atoms with E-state index in [4.69, 9.17) is 0 Å². The maximum Gasteiger partial charge on any atom is 0.262 e. The zero-order valence-corrected chi connectivity index (χ0v) is 19.1. The van der Waals surface area contributed by atoms with E-state index in [2.05, 4.69) is 15.4 Å². The standard InChI is InChI=1S/C24H21N5O3S/c1-13(2)19(28-21(31)16-6-4-5-7-17(16)22(28)32)20(30)25-23-26-24-29(27-23)18(12-33-24)15-10-8-14(3)9-11-15/h4-13,19H,1-3H3,(H,25,27,30). The van der Waals surface area contributed by atoms with E-state index in [0.717, 1.165) is 21.7 Å². The van der Waals surface area contributed by atoms with Gasteiger partial charge in [0, 0.05) is 10.9 Å². The third kappa shape index (κ3) is 3.50. The van der Waals surface area contributed by atoms with E-state index < -0.39 is 23.8 Å². The van der Waals surface area contributed by atoms with Crippen LogP contribution in [0.25, 0.3) is 16.2 Å². The quantitative estimate of drug-likeness (QED) is 0.455. The first kappa shape index (κ1) is 21.0. The van der Waals surface area contributed by atoms with E-state index in [1.807, 2.05) is 36.6 Å². The highest BCUT2D eigenvalue weighted by molar-refractivity contribution is 7.15. The van der Waals surface area contributed by atoms with Crippen LogP contribution in [0.15, 0.2) is 53.9 Å². The highest BCUT2D eigenvalue weighted by Crippen LogP contribution is 2.29. The minimum absolute atomic E-state index is 0.127. The van der Waals surface area contributed by atoms with Crippen LogP contribution in [0.4, 0.5) is 5.95 Å². The Bertz CT molecular complexity index is 1370. The smallest absolute Gasteiger partial charge is 0.262 e. The van der Waals surface area contributed by atoms with Crippen LogP contribution in [0, 0.1) is 12.8 Å². The lowest BCUT2D eigenvalue weighted by molar-refractivity contribution is -0.121. The molecule has 3 amide bonds. The van der Waals surface area contributed by atoms with E-state index in [1.54, 1.807) is 42.6 Å². The number of amides is 3. The predicted octanol–water partition coefficient (Wildman–Crippen LogP) is 4.03. The second-order valence-electron chi connectivity index (χ2n) is 8.32. The highest BCUT2D eigenvalue weighted by Gasteiger charge is 2.44. The van der Waals surface area contributed by atoms with Crippen molar-refractivity contribution in [2.75, 3.05) is 5.32 Å². The molecule has 1 aliphatic rings. The van der Waals surface area contributed by atoms with Crippen LogP contribution >= 0.6 is 11.3 Å². The molecule has 4 aromatic rings. The largest absolute Gasteiger partial charge is 0.291 e. The molecule has 3 heterocycles. The number of carbonyl (C=O) groups excluding carboxylic acids is 3. The lowest BCUT2D eigenvalue weighted by Crippen LogP contribution is -2.50. The van der Waals surface area contributed by atoms with Gasteiger partial charge in [-0.15, -0.1) is 16.4 Å². The number of benzene rings is 2. The Morgan fingerprint density at radius 3 is 2.24 bits per heavy atom. The number of nitrogens with zero attached hydrogens (tertiary/aromatic N) is 4. The van der Waals surface area contributed by atoms with Gasteiger partial charge in [-0.2, -0.15) is 4.98 Å². The van der Waals surface area contributed by atoms with Crippen molar-refractivity contribution >= 4 is 40.0 Å². The van der Waals surface area contributed by atoms with Crippen molar-refractivity contribution in [1.82, 2.24) is 19.5 Å². The van der Waals surface area contributed by atoms with Crippen LogP contribution in [-0.2, 0) is 4.79 Å². The van der Waals surface area contributed by atoms with E-state index in [1.165, 1.54) is 11.3 Å². The molecule has 0 radical (unpaired) electrons. The van der Waals surface area contributed by atoms with Gasteiger partial charge in [-0.1, -0.05) is 55.8 Å². The first-order valence-corrected chi connectivity index (χ1v) is 11.4. The fourth-order valence-corrected chi connectivity index (χ4v) is 4.85. The minimum Gasteiger partial charge on any atom is -0.291 e. The summed E-state index contributed by atoms with van der Waals surface area (Å²) in [4.78, 5) is 45.2. The molecule has 1 atom stereocenters. The van der Waals surface area contributed by atoms with Crippen molar-refractivity contribution in [3.63, 3.8) is 0 Å². The van der Waals surface area contributed by atoms with Gasteiger partial charge in [0.2, 0.25) is 10.9 Å². The molecule has 2 aromatic carbocycles. The van der Waals surface area contributed by atoms with Gasteiger partial charge in [0.05, 0.1) is 16.8 Å². The topological polar surface area (TPSA) is 96.7 Å². The van der Waals surface area contributed by atoms with E-state index in [9.17, 15) is 14.4 Å². The predicted molar refractivity (Wildman–Crippen MR) is 125 cm³/mol. The van der Waals surface area contributed by atoms with Crippen molar-refractivity contribution in [3.05, 3.63) is 70.6 Å². The molecule has 0 bridgehead atoms. The number of imide groups is 1. The number of anilines is 1. The summed E-state index contributed by atoms with van der Waals surface area (Å²) < 4.78 is 1.68. The normalized spacial score (nSPS) is 14.2. The Morgan fingerprint density at radius 2 is 1.64 bits per heavy atom. The van der Waals surface area contributed by atoms with Gasteiger partial charge in [0.25, 0.3) is 17.8 Å². The maximum absolute atomic E-state index is 13.2. The molecule has 0 fully saturated rings. The monoisotopic (exact) mass is 459 g/mol. The second-order valence-corrected chi connectivity index (χ2v) is 9.16. The fraction of sp³-hybridized carbons (Fsp3) is 0.208. The number of nitrogens with one attached hydrogen (secondary N) is 1. The summed E-state index contributed by atoms with van der Waals surface area (Å²) in [6, 6.07) is 13.7. The molecular formula is C24H21N5O3S. The summed E-state index contributed by atoms with van der Waals surface area (Å²) in [5.41, 5.74) is 3.63. The second kappa shape index (κ2) is 7.93. The first-order valence-electron chi connectivity index (χ1n) is 10.5. The van der Waals surface area contributed by atoms with Crippen molar-refractivity contribution < 1.29 is 14.4 Å². The average Bonchev–Trinajstić information content (AvgIpc) is 3.43. The third-order valence-corrected chi connectivity index (χ3v) is 6.48. The van der Waals surface area contributed by atoms with Gasteiger partial charge < -0.3 is 0 Å². The number of rotatable bonds is 5. The molecule has 33 heavy (non-hydrogen) atoms. The average molecular weight is 460 g/mol. The number of carbonyl (C=O) groups is 3. The molecule has 8 nitrogen and oxygen atoms in total. The summed E-state index contributed by atoms with van der Waals surface area (Å²) in [5, 5.41) is 9.12. The molecule has 9 heteroatoms. The van der Waals surface area contributed by atoms with Crippen LogP contribution in [-0.4, -0.2) is 43.3 Å². The van der Waals surface area contributed by atoms with Gasteiger partial charge in [-0.05, 0) is 25.0 Å². The Balaban J connectivity index is 1.43. The summed E-state index contributed by atoms with van der Waals surface area (Å²) in [6.45, 7) is 5.61. The van der Waals surface area contributed by atoms with Gasteiger partial charge in [0.15, 0.2) is 0 Å². The zero-order valence-electron chi connectivity index (χ0n) is 18.3. The third-order valence-electron chi connectivity index (χ3n) is 5.67. The van der Waals surface area contributed by atoms with Crippen molar-refractivity contribution in [2.45, 2.75) is 26.8 Å². The molecule has 5 rings (SSSR count). The van der Waals surface area contributed by atoms with Crippen LogP contribution in [0.2, 0.25) is 0 Å². The van der Waals surface area contributed by atoms with E-state index >= 15 is 0 Å². The summed E-state index contributed by atoms with van der Waals surface area (Å²) in [6.07, 6.45) is 0. The highest BCUT2D eigenvalue weighted by atomic mass is 32.1. The molecule has 0 aliphatic carbocycles. The van der Waals surface area contributed by atoms with Crippen LogP contribution in [0.3, 0.4) is 0 Å². The molecule has 0 saturated heterocycles. The van der Waals surface area contributed by atoms with Crippen LogP contribution in [0.5, 0.6) is 0 Å². The molecular weight excluding hydrogens is 438 g/mol. The van der Waals surface area contributed by atoms with Crippen LogP contribution in [0.1, 0.15) is 40.1 Å². The van der Waals surface area contributed by atoms with Gasteiger partial charge in [-0.3, -0.25) is 24.6 Å². The summed E-state index contributed by atoms with van der Waals surface area (Å²) in [5.74, 6) is -1.62. The SMILES string of the molecule is Cc1ccc(-c2csc3nc(NC(=O)C(C(C)C)N4C(=O)c5ccccc5C4=O)nn23)cc1. The van der Waals surface area contributed by atoms with Crippen LogP contribution < -0.4 is 5.32 Å². The lowest BCUT2D eigenvalue weighted by atomic mass is 10.0. The molecule has 1 aliphatic heterocycles. The maximum atomic E-state index is 13.2. The Hall–Kier alpha value is -3.85. The van der Waals surface area contributed by atoms with Crippen molar-refractivity contribution in [1.29, 1.82) is 0 Å². The van der Waals surface area contributed by atoms with Crippen molar-refractivity contribution in [3.8, 4) is 11.3 Å². The molecule has 0 saturated carbocycles. The number of aryl methyl sites for hydroxylation is 1. The molecule has 1 unspecified atom stereocenters. The number of hydrogen-bond donors (Lipinski definition) is 1. The molecule has 0 spiro atoms. The molecule has 2 aromatic heterocycles. The number of aromatic nitrogens is 3. The van der Waals surface area contributed by atoms with Gasteiger partial charge >= 0.3 is 0 Å². The van der Waals surface area contributed by atoms with Gasteiger partial charge in [-0.25, -0.2) is 4.52 Å². The number of thiazole rings is 1. The Labute approximate surface area is 193 Å². The molecule has 166 valence electrons. The zero-order chi connectivity index (χ0) is 23.3. The Kier molecular flexibility index (Phi) is 5.05. The summed E-state index contributed by atoms with van der Waals surface area (Å²) in [7, 11) is 0.